The standard InChI is InChI=1S/C20H21N3O4S/c1-12-5-10-17(26-4)16(11-12)21-18(24)13(2)28-20-23-22-19(27-20)14-6-8-15(25-3)9-7-14/h5-11,13H,1-4H3,(H,21,24)/t13-/m0/s1. The molecular formula is C20H21N3O4S. The molecule has 0 unspecified atom stereocenters. The summed E-state index contributed by atoms with van der Waals surface area (Å²) >= 11 is 1.19. The van der Waals surface area contributed by atoms with Gasteiger partial charge in [-0.3, -0.25) is 4.79 Å². The minimum absolute atomic E-state index is 0.182. The van der Waals surface area contributed by atoms with Gasteiger partial charge in [0.1, 0.15) is 11.5 Å². The van der Waals surface area contributed by atoms with Gasteiger partial charge < -0.3 is 19.2 Å². The van der Waals surface area contributed by atoms with Gasteiger partial charge in [0.15, 0.2) is 0 Å². The first-order chi connectivity index (χ1) is 13.5. The fourth-order valence-corrected chi connectivity index (χ4v) is 3.15. The third-order valence-electron chi connectivity index (χ3n) is 4.00. The topological polar surface area (TPSA) is 86.5 Å². The lowest BCUT2D eigenvalue weighted by Crippen LogP contribution is -2.22. The molecule has 0 aliphatic carbocycles. The summed E-state index contributed by atoms with van der Waals surface area (Å²) in [5.74, 6) is 1.56. The number of methoxy groups -OCH3 is 2. The number of thioether (sulfide) groups is 1. The first-order valence-electron chi connectivity index (χ1n) is 8.60. The van der Waals surface area contributed by atoms with Crippen LogP contribution in [-0.2, 0) is 4.79 Å². The van der Waals surface area contributed by atoms with Crippen LogP contribution in [0.5, 0.6) is 11.5 Å². The molecule has 0 saturated heterocycles. The molecular weight excluding hydrogens is 378 g/mol. The Morgan fingerprint density at radius 2 is 1.86 bits per heavy atom. The van der Waals surface area contributed by atoms with Crippen LogP contribution in [0.1, 0.15) is 12.5 Å². The Morgan fingerprint density at radius 1 is 1.11 bits per heavy atom. The predicted molar refractivity (Wildman–Crippen MR) is 108 cm³/mol. The van der Waals surface area contributed by atoms with Crippen LogP contribution in [0.2, 0.25) is 0 Å². The zero-order chi connectivity index (χ0) is 20.1. The molecule has 1 atom stereocenters. The summed E-state index contributed by atoms with van der Waals surface area (Å²) in [4.78, 5) is 12.6. The third kappa shape index (κ3) is 4.64. The number of amides is 1. The number of hydrogen-bond donors (Lipinski definition) is 1. The summed E-state index contributed by atoms with van der Waals surface area (Å²) in [6.45, 7) is 3.73. The molecule has 0 aliphatic rings. The second kappa shape index (κ2) is 8.79. The van der Waals surface area contributed by atoms with Crippen molar-refractivity contribution in [1.82, 2.24) is 10.2 Å². The van der Waals surface area contributed by atoms with Gasteiger partial charge in [-0.2, -0.15) is 0 Å². The van der Waals surface area contributed by atoms with Crippen molar-refractivity contribution in [2.45, 2.75) is 24.3 Å². The maximum atomic E-state index is 12.6. The molecule has 1 heterocycles. The molecule has 3 rings (SSSR count). The first kappa shape index (κ1) is 19.8. The van der Waals surface area contributed by atoms with E-state index in [1.54, 1.807) is 21.1 Å². The molecule has 0 saturated carbocycles. The highest BCUT2D eigenvalue weighted by molar-refractivity contribution is 8.00. The van der Waals surface area contributed by atoms with Crippen LogP contribution < -0.4 is 14.8 Å². The minimum Gasteiger partial charge on any atom is -0.497 e. The minimum atomic E-state index is -0.436. The SMILES string of the molecule is COc1ccc(-c2nnc(S[C@@H](C)C(=O)Nc3cc(C)ccc3OC)o2)cc1. The van der Waals surface area contributed by atoms with E-state index in [0.717, 1.165) is 16.9 Å². The lowest BCUT2D eigenvalue weighted by Gasteiger charge is -2.13. The smallest absolute Gasteiger partial charge is 0.277 e. The van der Waals surface area contributed by atoms with E-state index in [9.17, 15) is 4.79 Å². The molecule has 1 aromatic heterocycles. The van der Waals surface area contributed by atoms with E-state index in [0.29, 0.717) is 22.6 Å². The molecule has 146 valence electrons. The number of rotatable bonds is 7. The predicted octanol–water partition coefficient (Wildman–Crippen LogP) is 4.18. The van der Waals surface area contributed by atoms with Gasteiger partial charge in [0, 0.05) is 5.56 Å². The molecule has 0 fully saturated rings. The summed E-state index contributed by atoms with van der Waals surface area (Å²) < 4.78 is 16.1. The number of carbonyl (C=O) groups is 1. The molecule has 0 bridgehead atoms. The number of aryl methyl sites for hydroxylation is 1. The Morgan fingerprint density at radius 3 is 2.54 bits per heavy atom. The number of nitrogens with zero attached hydrogens (tertiary/aromatic N) is 2. The maximum absolute atomic E-state index is 12.6. The number of benzene rings is 2. The number of ether oxygens (including phenoxy) is 2. The summed E-state index contributed by atoms with van der Waals surface area (Å²) in [5, 5.41) is 10.8. The van der Waals surface area contributed by atoms with Gasteiger partial charge in [0.2, 0.25) is 11.8 Å². The molecule has 0 aliphatic heterocycles. The summed E-state index contributed by atoms with van der Waals surface area (Å²) in [5.41, 5.74) is 2.43. The van der Waals surface area contributed by atoms with Crippen LogP contribution in [0.4, 0.5) is 5.69 Å². The lowest BCUT2D eigenvalue weighted by atomic mass is 10.2. The Bertz CT molecular complexity index is 956. The van der Waals surface area contributed by atoms with E-state index in [1.807, 2.05) is 49.4 Å². The van der Waals surface area contributed by atoms with Crippen molar-refractivity contribution in [2.75, 3.05) is 19.5 Å². The van der Waals surface area contributed by atoms with Gasteiger partial charge in [-0.05, 0) is 55.8 Å². The van der Waals surface area contributed by atoms with Crippen LogP contribution in [0.15, 0.2) is 52.1 Å². The van der Waals surface area contributed by atoms with Gasteiger partial charge in [0.25, 0.3) is 5.22 Å². The number of hydrogen-bond acceptors (Lipinski definition) is 7. The zero-order valence-electron chi connectivity index (χ0n) is 16.1. The van der Waals surface area contributed by atoms with E-state index in [2.05, 4.69) is 15.5 Å². The number of nitrogens with one attached hydrogen (secondary N) is 1. The van der Waals surface area contributed by atoms with E-state index in [4.69, 9.17) is 13.9 Å². The van der Waals surface area contributed by atoms with Crippen LogP contribution in [0.3, 0.4) is 0 Å². The average Bonchev–Trinajstić information content (AvgIpc) is 3.16. The molecule has 0 radical (unpaired) electrons. The molecule has 1 N–H and O–H groups in total. The van der Waals surface area contributed by atoms with Crippen molar-refractivity contribution in [3.8, 4) is 23.0 Å². The molecule has 8 heteroatoms. The summed E-state index contributed by atoms with van der Waals surface area (Å²) in [6, 6.07) is 12.9. The number of anilines is 1. The normalized spacial score (nSPS) is 11.7. The summed E-state index contributed by atoms with van der Waals surface area (Å²) in [7, 11) is 3.17. The van der Waals surface area contributed by atoms with Crippen LogP contribution >= 0.6 is 11.8 Å². The van der Waals surface area contributed by atoms with Crippen LogP contribution in [-0.4, -0.2) is 35.6 Å². The number of carbonyl (C=O) groups excluding carboxylic acids is 1. The van der Waals surface area contributed by atoms with Gasteiger partial charge >= 0.3 is 0 Å². The van der Waals surface area contributed by atoms with E-state index < -0.39 is 5.25 Å². The number of aromatic nitrogens is 2. The van der Waals surface area contributed by atoms with E-state index in [-0.39, 0.29) is 5.91 Å². The van der Waals surface area contributed by atoms with Crippen molar-refractivity contribution >= 4 is 23.4 Å². The van der Waals surface area contributed by atoms with E-state index in [1.165, 1.54) is 11.8 Å². The Kier molecular flexibility index (Phi) is 6.20. The molecule has 0 spiro atoms. The van der Waals surface area contributed by atoms with Crippen molar-refractivity contribution in [2.24, 2.45) is 0 Å². The van der Waals surface area contributed by atoms with Gasteiger partial charge in [0.05, 0.1) is 25.2 Å². The Labute approximate surface area is 167 Å². The Hall–Kier alpha value is -3.00. The molecule has 3 aromatic rings. The fraction of sp³-hybridized carbons (Fsp3) is 0.250. The highest BCUT2D eigenvalue weighted by atomic mass is 32.2. The van der Waals surface area contributed by atoms with Crippen LogP contribution in [0.25, 0.3) is 11.5 Å². The van der Waals surface area contributed by atoms with Crippen molar-refractivity contribution in [3.05, 3.63) is 48.0 Å². The quantitative estimate of drug-likeness (QED) is 0.596. The monoisotopic (exact) mass is 399 g/mol. The molecule has 28 heavy (non-hydrogen) atoms. The zero-order valence-corrected chi connectivity index (χ0v) is 16.9. The second-order valence-corrected chi connectivity index (χ2v) is 7.35. The van der Waals surface area contributed by atoms with Crippen molar-refractivity contribution in [3.63, 3.8) is 0 Å². The van der Waals surface area contributed by atoms with Gasteiger partial charge in [-0.15, -0.1) is 10.2 Å². The fourth-order valence-electron chi connectivity index (χ4n) is 2.47. The second-order valence-electron chi connectivity index (χ2n) is 6.05. The van der Waals surface area contributed by atoms with Crippen molar-refractivity contribution < 1.29 is 18.7 Å². The third-order valence-corrected chi connectivity index (χ3v) is 4.94. The highest BCUT2D eigenvalue weighted by Gasteiger charge is 2.20. The molecule has 1 amide bonds. The van der Waals surface area contributed by atoms with Gasteiger partial charge in [-0.1, -0.05) is 17.8 Å². The lowest BCUT2D eigenvalue weighted by molar-refractivity contribution is -0.115. The summed E-state index contributed by atoms with van der Waals surface area (Å²) in [6.07, 6.45) is 0. The highest BCUT2D eigenvalue weighted by Crippen LogP contribution is 2.29. The maximum Gasteiger partial charge on any atom is 0.277 e. The average molecular weight is 399 g/mol. The largest absolute Gasteiger partial charge is 0.497 e. The van der Waals surface area contributed by atoms with E-state index >= 15 is 0 Å². The van der Waals surface area contributed by atoms with Crippen molar-refractivity contribution in [1.29, 1.82) is 0 Å². The van der Waals surface area contributed by atoms with Gasteiger partial charge in [-0.25, -0.2) is 0 Å². The molecule has 2 aromatic carbocycles. The van der Waals surface area contributed by atoms with Crippen LogP contribution in [0, 0.1) is 6.92 Å². The first-order valence-corrected chi connectivity index (χ1v) is 9.48. The molecule has 7 nitrogen and oxygen atoms in total. The Balaban J connectivity index is 1.66.